The van der Waals surface area contributed by atoms with E-state index in [0.29, 0.717) is 0 Å². The molecule has 74 valence electrons. The monoisotopic (exact) mass is 262 g/mol. The molecule has 0 amide bonds. The Morgan fingerprint density at radius 3 is 3.00 bits per heavy atom. The Kier molecular flexibility index (Phi) is 5.58. The van der Waals surface area contributed by atoms with Gasteiger partial charge in [-0.3, -0.25) is 4.90 Å². The molecule has 0 aromatic carbocycles. The Morgan fingerprint density at radius 1 is 1.62 bits per heavy atom. The van der Waals surface area contributed by atoms with E-state index in [0.717, 1.165) is 25.0 Å². The van der Waals surface area contributed by atoms with E-state index in [1.54, 1.807) is 11.3 Å². The molecule has 0 saturated heterocycles. The fraction of sp³-hybridized carbons (Fsp3) is 0.667. The summed E-state index contributed by atoms with van der Waals surface area (Å²) in [6.07, 6.45) is 3.08. The Hall–Kier alpha value is 0.0700. The van der Waals surface area contributed by atoms with Gasteiger partial charge in [-0.15, -0.1) is 11.3 Å². The van der Waals surface area contributed by atoms with Crippen LogP contribution >= 0.6 is 27.3 Å². The average Bonchev–Trinajstić information content (AvgIpc) is 2.64. The Labute approximate surface area is 92.1 Å². The summed E-state index contributed by atoms with van der Waals surface area (Å²) in [6.45, 7) is 5.46. The van der Waals surface area contributed by atoms with Crippen LogP contribution in [0.2, 0.25) is 0 Å². The van der Waals surface area contributed by atoms with Gasteiger partial charge in [-0.1, -0.05) is 22.9 Å². The molecule has 0 unspecified atom stereocenters. The first kappa shape index (κ1) is 11.1. The molecule has 4 heteroatoms. The van der Waals surface area contributed by atoms with Gasteiger partial charge in [-0.2, -0.15) is 0 Å². The van der Waals surface area contributed by atoms with Crippen molar-refractivity contribution in [2.24, 2.45) is 0 Å². The first-order valence-electron chi connectivity index (χ1n) is 4.53. The highest BCUT2D eigenvalue weighted by atomic mass is 79.9. The molecule has 1 heterocycles. The zero-order valence-corrected chi connectivity index (χ0v) is 10.3. The minimum absolute atomic E-state index is 1.00. The summed E-state index contributed by atoms with van der Waals surface area (Å²) in [5, 5.41) is 4.34. The summed E-state index contributed by atoms with van der Waals surface area (Å²) in [5.74, 6) is 0. The molecule has 0 spiro atoms. The van der Waals surface area contributed by atoms with Gasteiger partial charge in [0.15, 0.2) is 0 Å². The molecular weight excluding hydrogens is 248 g/mol. The molecule has 0 aliphatic rings. The highest BCUT2D eigenvalue weighted by Gasteiger charge is 2.04. The van der Waals surface area contributed by atoms with Crippen LogP contribution in [0.5, 0.6) is 0 Å². The molecule has 0 aliphatic heterocycles. The van der Waals surface area contributed by atoms with Gasteiger partial charge in [0.25, 0.3) is 0 Å². The number of aromatic nitrogens is 1. The van der Waals surface area contributed by atoms with Crippen LogP contribution in [0.3, 0.4) is 0 Å². The lowest BCUT2D eigenvalue weighted by Gasteiger charge is -2.17. The Balaban J connectivity index is 2.31. The third kappa shape index (κ3) is 4.20. The molecule has 1 aromatic rings. The maximum absolute atomic E-state index is 4.28. The van der Waals surface area contributed by atoms with E-state index in [2.05, 4.69) is 32.7 Å². The van der Waals surface area contributed by atoms with Crippen molar-refractivity contribution in [3.05, 3.63) is 16.6 Å². The van der Waals surface area contributed by atoms with E-state index < -0.39 is 0 Å². The van der Waals surface area contributed by atoms with E-state index >= 15 is 0 Å². The maximum Gasteiger partial charge on any atom is 0.107 e. The number of thiazole rings is 1. The van der Waals surface area contributed by atoms with Crippen molar-refractivity contribution < 1.29 is 0 Å². The lowest BCUT2D eigenvalue weighted by atomic mass is 10.4. The second-order valence-corrected chi connectivity index (χ2v) is 4.61. The minimum Gasteiger partial charge on any atom is -0.297 e. The van der Waals surface area contributed by atoms with E-state index in [9.17, 15) is 0 Å². The fourth-order valence-electron chi connectivity index (χ4n) is 1.15. The number of hydrogen-bond acceptors (Lipinski definition) is 3. The van der Waals surface area contributed by atoms with E-state index in [4.69, 9.17) is 0 Å². The maximum atomic E-state index is 4.28. The van der Waals surface area contributed by atoms with Crippen molar-refractivity contribution >= 4 is 27.3 Å². The number of alkyl halides is 1. The van der Waals surface area contributed by atoms with E-state index in [1.165, 1.54) is 11.4 Å². The highest BCUT2D eigenvalue weighted by molar-refractivity contribution is 9.09. The summed E-state index contributed by atoms with van der Waals surface area (Å²) in [7, 11) is 0. The quantitative estimate of drug-likeness (QED) is 0.734. The molecule has 0 fully saturated rings. The molecular formula is C9H15BrN2S. The van der Waals surface area contributed by atoms with Gasteiger partial charge in [0.05, 0.1) is 6.54 Å². The van der Waals surface area contributed by atoms with Crippen LogP contribution in [-0.2, 0) is 6.54 Å². The SMILES string of the molecule is CCN(CCCBr)Cc1nccs1. The van der Waals surface area contributed by atoms with Gasteiger partial charge in [0, 0.05) is 16.9 Å². The zero-order valence-electron chi connectivity index (χ0n) is 7.87. The number of halogens is 1. The first-order chi connectivity index (χ1) is 6.36. The normalized spacial score (nSPS) is 11.0. The first-order valence-corrected chi connectivity index (χ1v) is 6.53. The Bertz CT molecular complexity index is 213. The molecule has 13 heavy (non-hydrogen) atoms. The predicted octanol–water partition coefficient (Wildman–Crippen LogP) is 2.75. The van der Waals surface area contributed by atoms with Gasteiger partial charge < -0.3 is 0 Å². The smallest absolute Gasteiger partial charge is 0.107 e. The zero-order chi connectivity index (χ0) is 9.52. The summed E-state index contributed by atoms with van der Waals surface area (Å²) < 4.78 is 0. The lowest BCUT2D eigenvalue weighted by molar-refractivity contribution is 0.281. The van der Waals surface area contributed by atoms with Crippen molar-refractivity contribution in [3.63, 3.8) is 0 Å². The molecule has 0 saturated carbocycles. The second-order valence-electron chi connectivity index (χ2n) is 2.84. The fourth-order valence-corrected chi connectivity index (χ4v) is 2.06. The molecule has 0 bridgehead atoms. The summed E-state index contributed by atoms with van der Waals surface area (Å²) in [5.41, 5.74) is 0. The highest BCUT2D eigenvalue weighted by Crippen LogP contribution is 2.08. The largest absolute Gasteiger partial charge is 0.297 e. The van der Waals surface area contributed by atoms with Gasteiger partial charge >= 0.3 is 0 Å². The van der Waals surface area contributed by atoms with Crippen LogP contribution in [0.15, 0.2) is 11.6 Å². The van der Waals surface area contributed by atoms with Crippen LogP contribution in [0.25, 0.3) is 0 Å². The van der Waals surface area contributed by atoms with Crippen LogP contribution in [0, 0.1) is 0 Å². The van der Waals surface area contributed by atoms with Gasteiger partial charge in [-0.05, 0) is 19.5 Å². The van der Waals surface area contributed by atoms with Gasteiger partial charge in [0.2, 0.25) is 0 Å². The lowest BCUT2D eigenvalue weighted by Crippen LogP contribution is -2.24. The van der Waals surface area contributed by atoms with E-state index in [-0.39, 0.29) is 0 Å². The van der Waals surface area contributed by atoms with Crippen LogP contribution in [-0.4, -0.2) is 28.3 Å². The molecule has 2 nitrogen and oxygen atoms in total. The number of nitrogens with zero attached hydrogens (tertiary/aromatic N) is 2. The molecule has 0 aliphatic carbocycles. The van der Waals surface area contributed by atoms with Crippen LogP contribution < -0.4 is 0 Å². The topological polar surface area (TPSA) is 16.1 Å². The van der Waals surface area contributed by atoms with Gasteiger partial charge in [0.1, 0.15) is 5.01 Å². The van der Waals surface area contributed by atoms with Crippen molar-refractivity contribution in [2.45, 2.75) is 19.9 Å². The van der Waals surface area contributed by atoms with Crippen LogP contribution in [0.4, 0.5) is 0 Å². The van der Waals surface area contributed by atoms with Gasteiger partial charge in [-0.25, -0.2) is 4.98 Å². The van der Waals surface area contributed by atoms with E-state index in [1.807, 2.05) is 11.6 Å². The summed E-state index contributed by atoms with van der Waals surface area (Å²) in [4.78, 5) is 6.69. The molecule has 1 rings (SSSR count). The number of rotatable bonds is 6. The van der Waals surface area contributed by atoms with Crippen LogP contribution in [0.1, 0.15) is 18.4 Å². The summed E-state index contributed by atoms with van der Waals surface area (Å²) in [6, 6.07) is 0. The molecule has 0 N–H and O–H groups in total. The Morgan fingerprint density at radius 2 is 2.46 bits per heavy atom. The molecule has 0 atom stereocenters. The standard InChI is InChI=1S/C9H15BrN2S/c1-2-12(6-3-4-10)8-9-11-5-7-13-9/h5,7H,2-4,6,8H2,1H3. The molecule has 0 radical (unpaired) electrons. The van der Waals surface area contributed by atoms with Crippen molar-refractivity contribution in [1.82, 2.24) is 9.88 Å². The van der Waals surface area contributed by atoms with Crippen molar-refractivity contribution in [2.75, 3.05) is 18.4 Å². The third-order valence-electron chi connectivity index (χ3n) is 1.90. The predicted molar refractivity (Wildman–Crippen MR) is 61.5 cm³/mol. The number of hydrogen-bond donors (Lipinski definition) is 0. The second kappa shape index (κ2) is 6.51. The summed E-state index contributed by atoms with van der Waals surface area (Å²) >= 11 is 5.18. The third-order valence-corrected chi connectivity index (χ3v) is 3.22. The minimum atomic E-state index is 1.00. The average molecular weight is 263 g/mol. The van der Waals surface area contributed by atoms with Crippen molar-refractivity contribution in [3.8, 4) is 0 Å². The van der Waals surface area contributed by atoms with Crippen molar-refractivity contribution in [1.29, 1.82) is 0 Å². The molecule has 1 aromatic heterocycles.